The number of benzene rings is 1. The van der Waals surface area contributed by atoms with Crippen LogP contribution in [0.15, 0.2) is 18.2 Å². The second-order valence-corrected chi connectivity index (χ2v) is 7.10. The van der Waals surface area contributed by atoms with Gasteiger partial charge in [-0.15, -0.1) is 0 Å². The van der Waals surface area contributed by atoms with E-state index in [0.717, 1.165) is 0 Å². The summed E-state index contributed by atoms with van der Waals surface area (Å²) in [6, 6.07) is 3.84. The molecule has 6 nitrogen and oxygen atoms in total. The zero-order chi connectivity index (χ0) is 19.9. The summed E-state index contributed by atoms with van der Waals surface area (Å²) in [5, 5.41) is 3.38. The van der Waals surface area contributed by atoms with Crippen molar-refractivity contribution in [2.75, 3.05) is 20.7 Å². The van der Waals surface area contributed by atoms with E-state index in [1.54, 1.807) is 13.1 Å². The Morgan fingerprint density at radius 2 is 1.88 bits per heavy atom. The van der Waals surface area contributed by atoms with Crippen LogP contribution in [0, 0.1) is 5.92 Å². The first-order valence-corrected chi connectivity index (χ1v) is 9.00. The molecule has 0 radical (unpaired) electrons. The van der Waals surface area contributed by atoms with E-state index >= 15 is 0 Å². The molecule has 0 fully saturated rings. The van der Waals surface area contributed by atoms with Crippen molar-refractivity contribution < 1.29 is 19.1 Å². The molecule has 0 bridgehead atoms. The number of hydrogen-bond donors (Lipinski definition) is 1. The Hall–Kier alpha value is -1.79. The first kappa shape index (κ1) is 22.3. The van der Waals surface area contributed by atoms with Gasteiger partial charge in [0.15, 0.2) is 0 Å². The van der Waals surface area contributed by atoms with Crippen LogP contribution in [0.25, 0.3) is 0 Å². The predicted molar refractivity (Wildman–Crippen MR) is 101 cm³/mol. The summed E-state index contributed by atoms with van der Waals surface area (Å²) < 4.78 is 4.58. The van der Waals surface area contributed by atoms with Crippen LogP contribution >= 0.6 is 23.2 Å². The van der Waals surface area contributed by atoms with E-state index in [2.05, 4.69) is 10.1 Å². The van der Waals surface area contributed by atoms with Crippen LogP contribution in [0.3, 0.4) is 0 Å². The zero-order valence-electron chi connectivity index (χ0n) is 15.3. The van der Waals surface area contributed by atoms with Crippen molar-refractivity contribution in [3.05, 3.63) is 33.8 Å². The second kappa shape index (κ2) is 10.4. The predicted octanol–water partition coefficient (Wildman–Crippen LogP) is 3.16. The van der Waals surface area contributed by atoms with E-state index in [-0.39, 0.29) is 34.8 Å². The fraction of sp³-hybridized carbons (Fsp3) is 0.500. The highest BCUT2D eigenvalue weighted by Crippen LogP contribution is 2.21. The number of nitrogens with one attached hydrogen (secondary N) is 1. The number of carbonyl (C=O) groups is 3. The maximum absolute atomic E-state index is 12.7. The number of hydrogen-bond acceptors (Lipinski definition) is 4. The van der Waals surface area contributed by atoms with Gasteiger partial charge in [0.2, 0.25) is 5.91 Å². The van der Waals surface area contributed by atoms with Crippen LogP contribution in [-0.2, 0) is 14.3 Å². The first-order valence-electron chi connectivity index (χ1n) is 8.25. The fourth-order valence-corrected chi connectivity index (χ4v) is 2.81. The molecule has 0 saturated carbocycles. The molecule has 2 amide bonds. The van der Waals surface area contributed by atoms with Crippen molar-refractivity contribution >= 4 is 41.0 Å². The second-order valence-electron chi connectivity index (χ2n) is 6.26. The number of carbonyl (C=O) groups excluding carboxylic acids is 3. The summed E-state index contributed by atoms with van der Waals surface area (Å²) >= 11 is 11.9. The van der Waals surface area contributed by atoms with Gasteiger partial charge in [0.05, 0.1) is 17.7 Å². The van der Waals surface area contributed by atoms with Crippen molar-refractivity contribution in [3.63, 3.8) is 0 Å². The molecule has 0 aromatic heterocycles. The average Bonchev–Trinajstić information content (AvgIpc) is 2.58. The van der Waals surface area contributed by atoms with E-state index in [9.17, 15) is 14.4 Å². The van der Waals surface area contributed by atoms with Gasteiger partial charge >= 0.3 is 5.97 Å². The summed E-state index contributed by atoms with van der Waals surface area (Å²) in [5.41, 5.74) is 0.253. The molecule has 0 aliphatic rings. The number of nitrogens with zero attached hydrogens (tertiary/aromatic N) is 1. The van der Waals surface area contributed by atoms with Crippen LogP contribution in [0.1, 0.15) is 37.0 Å². The van der Waals surface area contributed by atoms with E-state index in [4.69, 9.17) is 23.2 Å². The summed E-state index contributed by atoms with van der Waals surface area (Å²) in [6.07, 6.45) is 0.712. The lowest BCUT2D eigenvalue weighted by Crippen LogP contribution is -2.50. The Labute approximate surface area is 163 Å². The van der Waals surface area contributed by atoms with Crippen LogP contribution < -0.4 is 5.32 Å². The molecule has 8 heteroatoms. The maximum atomic E-state index is 12.7. The van der Waals surface area contributed by atoms with Gasteiger partial charge in [-0.1, -0.05) is 37.0 Å². The van der Waals surface area contributed by atoms with Crippen LogP contribution in [0.5, 0.6) is 0 Å². The monoisotopic (exact) mass is 402 g/mol. The molecule has 1 atom stereocenters. The highest BCUT2D eigenvalue weighted by atomic mass is 35.5. The van der Waals surface area contributed by atoms with Gasteiger partial charge in [0.1, 0.15) is 6.04 Å². The largest absolute Gasteiger partial charge is 0.469 e. The fourth-order valence-electron chi connectivity index (χ4n) is 2.32. The highest BCUT2D eigenvalue weighted by Gasteiger charge is 2.28. The lowest BCUT2D eigenvalue weighted by Gasteiger charge is -2.27. The molecule has 1 aromatic rings. The summed E-state index contributed by atoms with van der Waals surface area (Å²) in [7, 11) is 2.96. The molecular weight excluding hydrogens is 379 g/mol. The van der Waals surface area contributed by atoms with Gasteiger partial charge in [-0.25, -0.2) is 0 Å². The molecule has 0 heterocycles. The molecule has 0 aliphatic carbocycles. The van der Waals surface area contributed by atoms with Gasteiger partial charge in [0.25, 0.3) is 5.91 Å². The third kappa shape index (κ3) is 6.50. The molecule has 1 rings (SSSR count). The molecule has 1 unspecified atom stereocenters. The number of likely N-dealkylation sites (N-methyl/N-ethyl adjacent to an activating group) is 1. The summed E-state index contributed by atoms with van der Waals surface area (Å²) in [4.78, 5) is 37.8. The number of halogens is 2. The van der Waals surface area contributed by atoms with Gasteiger partial charge in [-0.2, -0.15) is 0 Å². The topological polar surface area (TPSA) is 75.7 Å². The van der Waals surface area contributed by atoms with Crippen molar-refractivity contribution in [1.29, 1.82) is 0 Å². The molecule has 0 spiro atoms. The zero-order valence-corrected chi connectivity index (χ0v) is 16.9. The Morgan fingerprint density at radius 3 is 2.42 bits per heavy atom. The Balaban J connectivity index is 2.76. The SMILES string of the molecule is COC(=O)CCCN(C)C(=O)C(NC(=O)c1ccc(Cl)cc1Cl)C(C)C. The summed E-state index contributed by atoms with van der Waals surface area (Å²) in [6.45, 7) is 4.07. The number of rotatable bonds is 8. The molecule has 1 N–H and O–H groups in total. The molecule has 0 aliphatic heterocycles. The standard InChI is InChI=1S/C18H24Cl2N2O4/c1-11(2)16(18(25)22(3)9-5-6-15(23)26-4)21-17(24)13-8-7-12(19)10-14(13)20/h7-8,10-11,16H,5-6,9H2,1-4H3,(H,21,24). The van der Waals surface area contributed by atoms with Gasteiger partial charge < -0.3 is 15.0 Å². The van der Waals surface area contributed by atoms with Crippen LogP contribution in [0.4, 0.5) is 0 Å². The van der Waals surface area contributed by atoms with E-state index < -0.39 is 11.9 Å². The van der Waals surface area contributed by atoms with Crippen molar-refractivity contribution in [3.8, 4) is 0 Å². The van der Waals surface area contributed by atoms with Gasteiger partial charge in [0, 0.05) is 25.0 Å². The number of ether oxygens (including phenoxy) is 1. The number of amides is 2. The minimum absolute atomic E-state index is 0.124. The molecular formula is C18H24Cl2N2O4. The van der Waals surface area contributed by atoms with Crippen molar-refractivity contribution in [2.45, 2.75) is 32.7 Å². The highest BCUT2D eigenvalue weighted by molar-refractivity contribution is 6.36. The van der Waals surface area contributed by atoms with Crippen LogP contribution in [-0.4, -0.2) is 49.4 Å². The third-order valence-corrected chi connectivity index (χ3v) is 4.42. The summed E-state index contributed by atoms with van der Waals surface area (Å²) in [5.74, 6) is -1.12. The third-order valence-electron chi connectivity index (χ3n) is 3.87. The molecule has 0 saturated heterocycles. The Morgan fingerprint density at radius 1 is 1.23 bits per heavy atom. The first-order chi connectivity index (χ1) is 12.2. The lowest BCUT2D eigenvalue weighted by atomic mass is 10.0. The minimum atomic E-state index is -0.711. The van der Waals surface area contributed by atoms with E-state index in [1.165, 1.54) is 24.1 Å². The van der Waals surface area contributed by atoms with E-state index in [0.29, 0.717) is 18.0 Å². The quantitative estimate of drug-likeness (QED) is 0.677. The van der Waals surface area contributed by atoms with Crippen molar-refractivity contribution in [2.24, 2.45) is 5.92 Å². The molecule has 1 aromatic carbocycles. The van der Waals surface area contributed by atoms with Crippen molar-refractivity contribution in [1.82, 2.24) is 10.2 Å². The number of methoxy groups -OCH3 is 1. The smallest absolute Gasteiger partial charge is 0.305 e. The Bertz CT molecular complexity index is 665. The number of esters is 1. The molecule has 26 heavy (non-hydrogen) atoms. The maximum Gasteiger partial charge on any atom is 0.305 e. The Kier molecular flexibility index (Phi) is 8.88. The van der Waals surface area contributed by atoms with Crippen LogP contribution in [0.2, 0.25) is 10.0 Å². The molecule has 144 valence electrons. The minimum Gasteiger partial charge on any atom is -0.469 e. The van der Waals surface area contributed by atoms with E-state index in [1.807, 2.05) is 13.8 Å². The van der Waals surface area contributed by atoms with Gasteiger partial charge in [-0.3, -0.25) is 14.4 Å². The average molecular weight is 403 g/mol. The lowest BCUT2D eigenvalue weighted by molar-refractivity contribution is -0.141. The normalized spacial score (nSPS) is 11.8. The van der Waals surface area contributed by atoms with Gasteiger partial charge in [-0.05, 0) is 30.5 Å².